The molecule has 7 nitrogen and oxygen atoms in total. The summed E-state index contributed by atoms with van der Waals surface area (Å²) in [5.41, 5.74) is 0.359. The summed E-state index contributed by atoms with van der Waals surface area (Å²) in [5, 5.41) is 3.51. The van der Waals surface area contributed by atoms with Crippen molar-refractivity contribution in [1.29, 1.82) is 0 Å². The van der Waals surface area contributed by atoms with Gasteiger partial charge in [-0.15, -0.1) is 24.0 Å². The van der Waals surface area contributed by atoms with Crippen LogP contribution in [-0.4, -0.2) is 81.8 Å². The van der Waals surface area contributed by atoms with Crippen molar-refractivity contribution in [2.24, 2.45) is 10.4 Å². The van der Waals surface area contributed by atoms with E-state index in [0.29, 0.717) is 31.6 Å². The zero-order valence-electron chi connectivity index (χ0n) is 17.2. The van der Waals surface area contributed by atoms with Gasteiger partial charge in [-0.3, -0.25) is 4.99 Å². The molecule has 9 heteroatoms. The van der Waals surface area contributed by atoms with E-state index < -0.39 is 10.0 Å². The van der Waals surface area contributed by atoms with Gasteiger partial charge in [-0.1, -0.05) is 19.8 Å². The number of nitrogens with one attached hydrogen (secondary N) is 1. The molecule has 160 valence electrons. The molecule has 0 aromatic heterocycles. The Morgan fingerprint density at radius 1 is 1.19 bits per heavy atom. The number of ether oxygens (including phenoxy) is 1. The SMILES string of the molecule is CN=C(NCC1(C)CCCC1)N1CCN(S(=O)(=O)CCOC(C)C)CC1.I. The van der Waals surface area contributed by atoms with Gasteiger partial charge in [0.25, 0.3) is 0 Å². The summed E-state index contributed by atoms with van der Waals surface area (Å²) < 4.78 is 31.8. The average molecular weight is 516 g/mol. The van der Waals surface area contributed by atoms with Gasteiger partial charge in [0.1, 0.15) is 0 Å². The van der Waals surface area contributed by atoms with Crippen LogP contribution >= 0.6 is 24.0 Å². The van der Waals surface area contributed by atoms with Crippen molar-refractivity contribution in [3.8, 4) is 0 Å². The molecular weight excluding hydrogens is 479 g/mol. The lowest BCUT2D eigenvalue weighted by Gasteiger charge is -2.37. The molecule has 1 saturated carbocycles. The quantitative estimate of drug-likeness (QED) is 0.319. The Hall–Kier alpha value is -0.130. The van der Waals surface area contributed by atoms with Gasteiger partial charge in [-0.2, -0.15) is 4.31 Å². The highest BCUT2D eigenvalue weighted by Gasteiger charge is 2.31. The highest BCUT2D eigenvalue weighted by atomic mass is 127. The van der Waals surface area contributed by atoms with Crippen LogP contribution in [0, 0.1) is 5.41 Å². The minimum atomic E-state index is -3.25. The molecular formula is C18H37IN4O3S. The lowest BCUT2D eigenvalue weighted by Crippen LogP contribution is -2.55. The van der Waals surface area contributed by atoms with E-state index in [2.05, 4.69) is 22.1 Å². The largest absolute Gasteiger partial charge is 0.378 e. The van der Waals surface area contributed by atoms with Gasteiger partial charge in [0.05, 0.1) is 18.5 Å². The number of nitrogens with zero attached hydrogens (tertiary/aromatic N) is 3. The molecule has 0 amide bonds. The molecule has 1 N–H and O–H groups in total. The maximum Gasteiger partial charge on any atom is 0.216 e. The van der Waals surface area contributed by atoms with E-state index in [4.69, 9.17) is 4.74 Å². The van der Waals surface area contributed by atoms with Crippen molar-refractivity contribution in [1.82, 2.24) is 14.5 Å². The first kappa shape index (κ1) is 24.9. The van der Waals surface area contributed by atoms with Gasteiger partial charge in [0.2, 0.25) is 10.0 Å². The fourth-order valence-electron chi connectivity index (χ4n) is 3.73. The first-order valence-electron chi connectivity index (χ1n) is 9.81. The van der Waals surface area contributed by atoms with Crippen LogP contribution in [0.5, 0.6) is 0 Å². The molecule has 27 heavy (non-hydrogen) atoms. The summed E-state index contributed by atoms with van der Waals surface area (Å²) in [6.45, 7) is 9.69. The Morgan fingerprint density at radius 3 is 2.30 bits per heavy atom. The van der Waals surface area contributed by atoms with Gasteiger partial charge >= 0.3 is 0 Å². The third kappa shape index (κ3) is 7.66. The van der Waals surface area contributed by atoms with Gasteiger partial charge in [0.15, 0.2) is 5.96 Å². The predicted molar refractivity (Wildman–Crippen MR) is 121 cm³/mol. The van der Waals surface area contributed by atoms with Crippen LogP contribution < -0.4 is 5.32 Å². The first-order chi connectivity index (χ1) is 12.3. The maximum atomic E-state index is 12.4. The summed E-state index contributed by atoms with van der Waals surface area (Å²) in [6, 6.07) is 0. The minimum absolute atomic E-state index is 0. The number of sulfonamides is 1. The first-order valence-corrected chi connectivity index (χ1v) is 11.4. The second kappa shape index (κ2) is 11.2. The molecule has 1 aliphatic carbocycles. The van der Waals surface area contributed by atoms with Crippen molar-refractivity contribution in [2.75, 3.05) is 52.1 Å². The van der Waals surface area contributed by atoms with Crippen LogP contribution in [0.15, 0.2) is 4.99 Å². The number of piperazine rings is 1. The van der Waals surface area contributed by atoms with Crippen LogP contribution in [0.25, 0.3) is 0 Å². The molecule has 0 spiro atoms. The molecule has 0 aromatic rings. The van der Waals surface area contributed by atoms with Crippen molar-refractivity contribution in [3.63, 3.8) is 0 Å². The predicted octanol–water partition coefficient (Wildman–Crippen LogP) is 2.13. The number of hydrogen-bond donors (Lipinski definition) is 1. The lowest BCUT2D eigenvalue weighted by atomic mass is 9.89. The Bertz CT molecular complexity index is 569. The second-order valence-corrected chi connectivity index (χ2v) is 10.1. The fourth-order valence-corrected chi connectivity index (χ4v) is 5.01. The van der Waals surface area contributed by atoms with Crippen LogP contribution in [0.1, 0.15) is 46.5 Å². The van der Waals surface area contributed by atoms with Crippen molar-refractivity contribution in [3.05, 3.63) is 0 Å². The van der Waals surface area contributed by atoms with Gasteiger partial charge in [-0.05, 0) is 32.1 Å². The van der Waals surface area contributed by atoms with Crippen LogP contribution in [-0.2, 0) is 14.8 Å². The molecule has 0 aromatic carbocycles. The molecule has 0 bridgehead atoms. The zero-order chi connectivity index (χ0) is 19.2. The van der Waals surface area contributed by atoms with E-state index in [9.17, 15) is 8.42 Å². The Kier molecular flexibility index (Phi) is 10.3. The Labute approximate surface area is 182 Å². The standard InChI is InChI=1S/C18H36N4O3S.HI/c1-16(2)25-13-14-26(23,24)22-11-9-21(10-12-22)17(19-4)20-15-18(3)7-5-6-8-18;/h16H,5-15H2,1-4H3,(H,19,20);1H. The molecule has 1 saturated heterocycles. The molecule has 0 radical (unpaired) electrons. The topological polar surface area (TPSA) is 74.2 Å². The van der Waals surface area contributed by atoms with Crippen LogP contribution in [0.2, 0.25) is 0 Å². The molecule has 0 atom stereocenters. The number of guanidine groups is 1. The Morgan fingerprint density at radius 2 is 1.78 bits per heavy atom. The number of aliphatic imine (C=N–C) groups is 1. The monoisotopic (exact) mass is 516 g/mol. The van der Waals surface area contributed by atoms with Gasteiger partial charge < -0.3 is 15.0 Å². The molecule has 2 rings (SSSR count). The zero-order valence-corrected chi connectivity index (χ0v) is 20.4. The highest BCUT2D eigenvalue weighted by Crippen LogP contribution is 2.36. The fraction of sp³-hybridized carbons (Fsp3) is 0.944. The van der Waals surface area contributed by atoms with Gasteiger partial charge in [0, 0.05) is 39.8 Å². The second-order valence-electron chi connectivity index (χ2n) is 8.04. The summed E-state index contributed by atoms with van der Waals surface area (Å²) in [7, 11) is -1.45. The van der Waals surface area contributed by atoms with E-state index in [0.717, 1.165) is 12.5 Å². The molecule has 1 aliphatic heterocycles. The smallest absolute Gasteiger partial charge is 0.216 e. The van der Waals surface area contributed by atoms with Gasteiger partial charge in [-0.25, -0.2) is 8.42 Å². The summed E-state index contributed by atoms with van der Waals surface area (Å²) in [5.74, 6) is 0.939. The molecule has 2 fully saturated rings. The summed E-state index contributed by atoms with van der Waals surface area (Å²) in [6.07, 6.45) is 5.21. The highest BCUT2D eigenvalue weighted by molar-refractivity contribution is 14.0. The van der Waals surface area contributed by atoms with Crippen molar-refractivity contribution in [2.45, 2.75) is 52.6 Å². The van der Waals surface area contributed by atoms with Crippen molar-refractivity contribution < 1.29 is 13.2 Å². The normalized spacial score (nSPS) is 21.4. The summed E-state index contributed by atoms with van der Waals surface area (Å²) in [4.78, 5) is 6.57. The average Bonchev–Trinajstić information content (AvgIpc) is 3.02. The van der Waals surface area contributed by atoms with Crippen LogP contribution in [0.4, 0.5) is 0 Å². The third-order valence-corrected chi connectivity index (χ3v) is 7.25. The molecule has 2 aliphatic rings. The Balaban J connectivity index is 0.00000364. The molecule has 0 unspecified atom stereocenters. The van der Waals surface area contributed by atoms with E-state index in [-0.39, 0.29) is 42.4 Å². The van der Waals surface area contributed by atoms with E-state index in [1.54, 1.807) is 11.4 Å². The van der Waals surface area contributed by atoms with Crippen LogP contribution in [0.3, 0.4) is 0 Å². The number of rotatable bonds is 7. The minimum Gasteiger partial charge on any atom is -0.378 e. The van der Waals surface area contributed by atoms with Crippen molar-refractivity contribution >= 4 is 40.0 Å². The number of hydrogen-bond acceptors (Lipinski definition) is 4. The van der Waals surface area contributed by atoms with E-state index in [1.807, 2.05) is 13.8 Å². The summed E-state index contributed by atoms with van der Waals surface area (Å²) >= 11 is 0. The van der Waals surface area contributed by atoms with E-state index >= 15 is 0 Å². The molecule has 1 heterocycles. The third-order valence-electron chi connectivity index (χ3n) is 5.42. The maximum absolute atomic E-state index is 12.4. The number of halogens is 1. The van der Waals surface area contributed by atoms with E-state index in [1.165, 1.54) is 25.7 Å². The lowest BCUT2D eigenvalue weighted by molar-refractivity contribution is 0.0904.